The molecule has 3 N–H and O–H groups in total. The number of hydrogen-bond acceptors (Lipinski definition) is 5. The molecule has 8 heteroatoms. The number of aliphatic hydroxyl groups excluding tert-OH is 1. The predicted molar refractivity (Wildman–Crippen MR) is 92.6 cm³/mol. The van der Waals surface area contributed by atoms with Gasteiger partial charge in [-0.1, -0.05) is 18.2 Å². The summed E-state index contributed by atoms with van der Waals surface area (Å²) in [5.74, 6) is -0.570. The van der Waals surface area contributed by atoms with Crippen LogP contribution in [-0.2, 0) is 0 Å². The third-order valence-corrected chi connectivity index (χ3v) is 4.50. The summed E-state index contributed by atoms with van der Waals surface area (Å²) < 4.78 is 4.94. The molecule has 0 spiro atoms. The molecule has 1 aliphatic rings. The maximum absolute atomic E-state index is 12.6. The lowest BCUT2D eigenvalue weighted by atomic mass is 10.0. The van der Waals surface area contributed by atoms with Crippen molar-refractivity contribution in [2.75, 3.05) is 13.1 Å². The fourth-order valence-corrected chi connectivity index (χ4v) is 3.30. The molecule has 134 valence electrons. The van der Waals surface area contributed by atoms with Crippen LogP contribution < -0.4 is 5.32 Å². The van der Waals surface area contributed by atoms with Crippen molar-refractivity contribution in [3.05, 3.63) is 54.1 Å². The molecule has 3 aromatic rings. The van der Waals surface area contributed by atoms with Gasteiger partial charge < -0.3 is 19.7 Å². The van der Waals surface area contributed by atoms with Crippen LogP contribution in [0.25, 0.3) is 10.9 Å². The Kier molecular flexibility index (Phi) is 4.18. The molecule has 0 unspecified atom stereocenters. The monoisotopic (exact) mass is 354 g/mol. The number of benzene rings is 1. The summed E-state index contributed by atoms with van der Waals surface area (Å²) in [6, 6.07) is 8.57. The number of carbonyl (C=O) groups is 2. The third kappa shape index (κ3) is 3.06. The lowest BCUT2D eigenvalue weighted by Gasteiger charge is -2.35. The molecule has 2 atom stereocenters. The van der Waals surface area contributed by atoms with E-state index in [-0.39, 0.29) is 24.4 Å². The summed E-state index contributed by atoms with van der Waals surface area (Å²) in [6.07, 6.45) is 2.46. The molecule has 0 radical (unpaired) electrons. The molecule has 26 heavy (non-hydrogen) atoms. The van der Waals surface area contributed by atoms with E-state index in [4.69, 9.17) is 4.42 Å². The number of amides is 2. The minimum atomic E-state index is -0.708. The lowest BCUT2D eigenvalue weighted by molar-refractivity contribution is 0.0370. The van der Waals surface area contributed by atoms with Gasteiger partial charge in [-0.15, -0.1) is 0 Å². The zero-order valence-corrected chi connectivity index (χ0v) is 13.9. The maximum atomic E-state index is 12.6. The van der Waals surface area contributed by atoms with E-state index in [1.165, 1.54) is 17.4 Å². The average molecular weight is 354 g/mol. The zero-order valence-electron chi connectivity index (χ0n) is 13.9. The van der Waals surface area contributed by atoms with E-state index < -0.39 is 6.10 Å². The number of β-amino-alcohol motifs (C(OH)–C–C–N with tert-alkyl or cyclic N) is 1. The fraction of sp³-hybridized carbons (Fsp3) is 0.278. The maximum Gasteiger partial charge on any atom is 0.272 e. The summed E-state index contributed by atoms with van der Waals surface area (Å²) in [7, 11) is 0. The number of hydrogen-bond donors (Lipinski definition) is 3. The molecule has 4 rings (SSSR count). The quantitative estimate of drug-likeness (QED) is 0.654. The highest BCUT2D eigenvalue weighted by Crippen LogP contribution is 2.18. The van der Waals surface area contributed by atoms with Gasteiger partial charge in [-0.2, -0.15) is 5.10 Å². The molecule has 0 bridgehead atoms. The number of rotatable bonds is 3. The van der Waals surface area contributed by atoms with Crippen molar-refractivity contribution in [1.82, 2.24) is 20.4 Å². The summed E-state index contributed by atoms with van der Waals surface area (Å²) in [5.41, 5.74) is 1.49. The second-order valence-electron chi connectivity index (χ2n) is 6.40. The number of aliphatic hydroxyl groups is 1. The average Bonchev–Trinajstić information content (AvgIpc) is 3.30. The number of fused-ring (bicyclic) bond motifs is 1. The number of aromatic amines is 1. The van der Waals surface area contributed by atoms with E-state index in [1.807, 2.05) is 24.3 Å². The SMILES string of the molecule is O=C(N[C@H]1C[C@@H](O)CN(C(=O)c2ccoc2)C1)c1n[nH]c2ccccc12. The number of H-pyrrole nitrogens is 1. The van der Waals surface area contributed by atoms with Crippen LogP contribution in [0.3, 0.4) is 0 Å². The molecule has 2 aromatic heterocycles. The van der Waals surface area contributed by atoms with Crippen LogP contribution in [0.15, 0.2) is 47.3 Å². The molecule has 0 aliphatic carbocycles. The van der Waals surface area contributed by atoms with E-state index >= 15 is 0 Å². The van der Waals surface area contributed by atoms with Gasteiger partial charge in [-0.25, -0.2) is 0 Å². The highest BCUT2D eigenvalue weighted by Gasteiger charge is 2.31. The molecule has 3 heterocycles. The van der Waals surface area contributed by atoms with Crippen LogP contribution in [0.4, 0.5) is 0 Å². The summed E-state index contributed by atoms with van der Waals surface area (Å²) >= 11 is 0. The van der Waals surface area contributed by atoms with E-state index in [0.29, 0.717) is 24.2 Å². The lowest BCUT2D eigenvalue weighted by Crippen LogP contribution is -2.54. The van der Waals surface area contributed by atoms with Gasteiger partial charge in [-0.3, -0.25) is 14.7 Å². The van der Waals surface area contributed by atoms with Crippen LogP contribution in [0.5, 0.6) is 0 Å². The minimum absolute atomic E-state index is 0.224. The molecule has 0 saturated carbocycles. The number of furan rings is 1. The summed E-state index contributed by atoms with van der Waals surface area (Å²) in [4.78, 5) is 26.6. The Morgan fingerprint density at radius 2 is 2.12 bits per heavy atom. The number of para-hydroxylation sites is 1. The molecule has 1 aromatic carbocycles. The van der Waals surface area contributed by atoms with Crippen LogP contribution in [0.2, 0.25) is 0 Å². The highest BCUT2D eigenvalue weighted by atomic mass is 16.3. The van der Waals surface area contributed by atoms with Crippen LogP contribution in [0.1, 0.15) is 27.3 Å². The van der Waals surface area contributed by atoms with Crippen molar-refractivity contribution in [2.45, 2.75) is 18.6 Å². The molecule has 1 saturated heterocycles. The standard InChI is InChI=1S/C18H18N4O4/c23-13-7-12(8-22(9-13)18(25)11-5-6-26-10-11)19-17(24)16-14-3-1-2-4-15(14)20-21-16/h1-6,10,12-13,23H,7-9H2,(H,19,24)(H,20,21)/t12-,13+/m0/s1. The van der Waals surface area contributed by atoms with Crippen molar-refractivity contribution >= 4 is 22.7 Å². The van der Waals surface area contributed by atoms with E-state index in [2.05, 4.69) is 15.5 Å². The van der Waals surface area contributed by atoms with Gasteiger partial charge in [-0.05, 0) is 18.6 Å². The van der Waals surface area contributed by atoms with Crippen molar-refractivity contribution in [3.63, 3.8) is 0 Å². The Hall–Kier alpha value is -3.13. The Balaban J connectivity index is 1.48. The van der Waals surface area contributed by atoms with Gasteiger partial charge in [0.1, 0.15) is 6.26 Å². The minimum Gasteiger partial charge on any atom is -0.472 e. The molecular weight excluding hydrogens is 336 g/mol. The van der Waals surface area contributed by atoms with Gasteiger partial charge >= 0.3 is 0 Å². The van der Waals surface area contributed by atoms with E-state index in [9.17, 15) is 14.7 Å². The smallest absolute Gasteiger partial charge is 0.272 e. The summed E-state index contributed by atoms with van der Waals surface area (Å²) in [5, 5.41) is 20.6. The van der Waals surface area contributed by atoms with Gasteiger partial charge in [0, 0.05) is 24.5 Å². The number of carbonyl (C=O) groups excluding carboxylic acids is 2. The highest BCUT2D eigenvalue weighted by molar-refractivity contribution is 6.04. The van der Waals surface area contributed by atoms with Crippen LogP contribution >= 0.6 is 0 Å². The second-order valence-corrected chi connectivity index (χ2v) is 6.40. The largest absolute Gasteiger partial charge is 0.472 e. The number of likely N-dealkylation sites (tertiary alicyclic amines) is 1. The Morgan fingerprint density at radius 3 is 2.92 bits per heavy atom. The third-order valence-electron chi connectivity index (χ3n) is 4.50. The normalized spacial score (nSPS) is 20.3. The molecule has 2 amide bonds. The predicted octanol–water partition coefficient (Wildman–Crippen LogP) is 1.16. The first-order valence-corrected chi connectivity index (χ1v) is 8.35. The van der Waals surface area contributed by atoms with Crippen molar-refractivity contribution < 1.29 is 19.1 Å². The fourth-order valence-electron chi connectivity index (χ4n) is 3.30. The Bertz CT molecular complexity index is 934. The van der Waals surface area contributed by atoms with Gasteiger partial charge in [0.15, 0.2) is 5.69 Å². The summed E-state index contributed by atoms with van der Waals surface area (Å²) in [6.45, 7) is 0.539. The number of piperidine rings is 1. The molecule has 8 nitrogen and oxygen atoms in total. The number of nitrogens with zero attached hydrogens (tertiary/aromatic N) is 2. The van der Waals surface area contributed by atoms with Crippen LogP contribution in [0, 0.1) is 0 Å². The number of aromatic nitrogens is 2. The van der Waals surface area contributed by atoms with Crippen LogP contribution in [-0.4, -0.2) is 57.3 Å². The van der Waals surface area contributed by atoms with Gasteiger partial charge in [0.2, 0.25) is 0 Å². The van der Waals surface area contributed by atoms with E-state index in [0.717, 1.165) is 10.9 Å². The first kappa shape index (κ1) is 16.3. The molecule has 1 aliphatic heterocycles. The van der Waals surface area contributed by atoms with Crippen molar-refractivity contribution in [3.8, 4) is 0 Å². The van der Waals surface area contributed by atoms with Crippen molar-refractivity contribution in [1.29, 1.82) is 0 Å². The first-order valence-electron chi connectivity index (χ1n) is 8.35. The second kappa shape index (κ2) is 6.64. The Morgan fingerprint density at radius 1 is 1.27 bits per heavy atom. The van der Waals surface area contributed by atoms with Gasteiger partial charge in [0.05, 0.1) is 23.4 Å². The first-order chi connectivity index (χ1) is 12.6. The number of nitrogens with one attached hydrogen (secondary N) is 2. The topological polar surface area (TPSA) is 111 Å². The zero-order chi connectivity index (χ0) is 18.1. The van der Waals surface area contributed by atoms with E-state index in [1.54, 1.807) is 6.07 Å². The Labute approximate surface area is 148 Å². The molecular formula is C18H18N4O4. The molecule has 1 fully saturated rings. The van der Waals surface area contributed by atoms with Gasteiger partial charge in [0.25, 0.3) is 11.8 Å². The van der Waals surface area contributed by atoms with Crippen molar-refractivity contribution in [2.24, 2.45) is 0 Å².